The largest absolute Gasteiger partial charge is 0.280 e. The number of benzene rings is 2. The summed E-state index contributed by atoms with van der Waals surface area (Å²) in [6, 6.07) is 23.4. The molecule has 0 radical (unpaired) electrons. The summed E-state index contributed by atoms with van der Waals surface area (Å²) in [7, 11) is 0. The number of nitriles is 1. The van der Waals surface area contributed by atoms with Crippen LogP contribution in [0.4, 0.5) is 11.4 Å². The number of aromatic nitrogens is 1. The molecule has 2 heterocycles. The molecule has 1 unspecified atom stereocenters. The topological polar surface area (TPSA) is 57.0 Å². The van der Waals surface area contributed by atoms with Gasteiger partial charge in [0.05, 0.1) is 10.8 Å². The number of thiophene rings is 1. The third-order valence-corrected chi connectivity index (χ3v) is 10.9. The van der Waals surface area contributed by atoms with Crippen LogP contribution >= 0.6 is 23.1 Å². The van der Waals surface area contributed by atoms with Crippen molar-refractivity contribution in [1.29, 1.82) is 5.26 Å². The van der Waals surface area contributed by atoms with E-state index in [9.17, 15) is 10.1 Å². The van der Waals surface area contributed by atoms with Crippen LogP contribution in [-0.2, 0) is 17.6 Å². The van der Waals surface area contributed by atoms with Crippen molar-refractivity contribution >= 4 is 40.4 Å². The number of rotatable bonds is 9. The van der Waals surface area contributed by atoms with Crippen LogP contribution in [-0.4, -0.2) is 16.1 Å². The van der Waals surface area contributed by atoms with E-state index in [0.29, 0.717) is 22.4 Å². The number of carbonyl (C=O) groups excluding carboxylic acids is 1. The van der Waals surface area contributed by atoms with Crippen LogP contribution in [0.1, 0.15) is 101 Å². The first-order valence-electron chi connectivity index (χ1n) is 15.9. The van der Waals surface area contributed by atoms with Crippen molar-refractivity contribution in [1.82, 2.24) is 4.98 Å². The number of hydrogen-bond acceptors (Lipinski definition) is 5. The fourth-order valence-electron chi connectivity index (χ4n) is 5.92. The lowest BCUT2D eigenvalue weighted by Crippen LogP contribution is -2.37. The molecule has 6 heteroatoms. The Labute approximate surface area is 271 Å². The predicted octanol–water partition coefficient (Wildman–Crippen LogP) is 10.7. The molecule has 2 aromatic heterocycles. The Balaban J connectivity index is 1.60. The zero-order valence-corrected chi connectivity index (χ0v) is 28.4. The summed E-state index contributed by atoms with van der Waals surface area (Å²) in [6.07, 6.45) is 5.21. The molecule has 0 saturated carbocycles. The molecule has 0 N–H and O–H groups in total. The lowest BCUT2D eigenvalue weighted by atomic mass is 9.97. The number of aryl methyl sites for hydroxylation is 1. The minimum absolute atomic E-state index is 0.00194. The van der Waals surface area contributed by atoms with Gasteiger partial charge in [0.2, 0.25) is 5.91 Å². The van der Waals surface area contributed by atoms with E-state index >= 15 is 0 Å². The maximum atomic E-state index is 14.8. The zero-order chi connectivity index (χ0) is 31.4. The van der Waals surface area contributed by atoms with Crippen molar-refractivity contribution < 1.29 is 4.79 Å². The summed E-state index contributed by atoms with van der Waals surface area (Å²) in [5.41, 5.74) is 8.10. The molecule has 1 aliphatic rings. The van der Waals surface area contributed by atoms with E-state index < -0.39 is 5.25 Å². The van der Waals surface area contributed by atoms with Gasteiger partial charge in [-0.15, -0.1) is 11.3 Å². The predicted molar refractivity (Wildman–Crippen MR) is 186 cm³/mol. The summed E-state index contributed by atoms with van der Waals surface area (Å²) in [6.45, 7) is 12.9. The summed E-state index contributed by atoms with van der Waals surface area (Å²) < 4.78 is 0. The van der Waals surface area contributed by atoms with E-state index in [1.165, 1.54) is 28.5 Å². The molecule has 2 aromatic carbocycles. The molecule has 1 atom stereocenters. The molecular weight excluding hydrogens is 579 g/mol. The number of pyridine rings is 1. The van der Waals surface area contributed by atoms with E-state index in [-0.39, 0.29) is 11.8 Å². The molecule has 0 aliphatic heterocycles. The maximum absolute atomic E-state index is 14.8. The Morgan fingerprint density at radius 2 is 1.45 bits per heavy atom. The first-order valence-corrected chi connectivity index (χ1v) is 17.7. The number of carbonyl (C=O) groups is 1. The SMILES string of the molecule is CC(C)c1ccc(N(C(=O)C(Sc2nc3c(c(-c4cccs4)c2C#N)CCCCC3)C(C)C)c2ccc(C(C)C)cc2)cc1. The number of hydrogen-bond donors (Lipinski definition) is 0. The van der Waals surface area contributed by atoms with Gasteiger partial charge in [-0.25, -0.2) is 4.98 Å². The molecule has 0 spiro atoms. The molecule has 1 aliphatic carbocycles. The quantitative estimate of drug-likeness (QED) is 0.138. The number of fused-ring (bicyclic) bond motifs is 1. The normalized spacial score (nSPS) is 13.9. The highest BCUT2D eigenvalue weighted by atomic mass is 32.2. The fourth-order valence-corrected chi connectivity index (χ4v) is 7.87. The summed E-state index contributed by atoms with van der Waals surface area (Å²) in [5, 5.41) is 12.9. The van der Waals surface area contributed by atoms with E-state index in [4.69, 9.17) is 4.98 Å². The number of amides is 1. The third kappa shape index (κ3) is 6.80. The van der Waals surface area contributed by atoms with E-state index in [0.717, 1.165) is 59.6 Å². The molecule has 44 heavy (non-hydrogen) atoms. The van der Waals surface area contributed by atoms with Gasteiger partial charge in [-0.3, -0.25) is 9.69 Å². The van der Waals surface area contributed by atoms with Crippen LogP contribution in [0.3, 0.4) is 0 Å². The molecule has 0 fully saturated rings. The van der Waals surface area contributed by atoms with E-state index in [2.05, 4.69) is 108 Å². The Bertz CT molecular complexity index is 1560. The smallest absolute Gasteiger partial charge is 0.245 e. The molecule has 228 valence electrons. The molecule has 1 amide bonds. The average molecular weight is 622 g/mol. The molecule has 0 saturated heterocycles. The fraction of sp³-hybridized carbons (Fsp3) is 0.395. The van der Waals surface area contributed by atoms with Crippen molar-refractivity contribution in [2.45, 2.75) is 95.8 Å². The number of thioether (sulfide) groups is 1. The van der Waals surface area contributed by atoms with Gasteiger partial charge >= 0.3 is 0 Å². The van der Waals surface area contributed by atoms with Gasteiger partial charge in [0.1, 0.15) is 11.1 Å². The van der Waals surface area contributed by atoms with Crippen molar-refractivity contribution in [3.8, 4) is 16.5 Å². The van der Waals surface area contributed by atoms with Crippen molar-refractivity contribution in [3.05, 3.63) is 94.0 Å². The van der Waals surface area contributed by atoms with Gasteiger partial charge in [0.15, 0.2) is 0 Å². The number of nitrogens with zero attached hydrogens (tertiary/aromatic N) is 3. The zero-order valence-electron chi connectivity index (χ0n) is 26.8. The highest BCUT2D eigenvalue weighted by Crippen LogP contribution is 2.42. The standard InChI is InChI=1S/C38H43N3OS2/c1-24(2)27-14-18-29(19-15-27)41(30-20-16-28(17-21-30)25(3)4)38(42)36(26(5)6)44-37-32(23-39)35(34-13-10-22-43-34)31-11-8-7-9-12-33(31)40-37/h10,13-22,24-26,36H,7-9,11-12H2,1-6H3. The van der Waals surface area contributed by atoms with Crippen LogP contribution in [0, 0.1) is 17.2 Å². The lowest BCUT2D eigenvalue weighted by Gasteiger charge is -2.30. The molecule has 0 bridgehead atoms. The lowest BCUT2D eigenvalue weighted by molar-refractivity contribution is -0.118. The van der Waals surface area contributed by atoms with Crippen molar-refractivity contribution in [2.24, 2.45) is 5.92 Å². The minimum Gasteiger partial charge on any atom is -0.280 e. The Morgan fingerprint density at radius 1 is 0.864 bits per heavy atom. The Hall–Kier alpha value is -3.40. The monoisotopic (exact) mass is 621 g/mol. The summed E-state index contributed by atoms with van der Waals surface area (Å²) in [4.78, 5) is 22.9. The van der Waals surface area contributed by atoms with Crippen molar-refractivity contribution in [3.63, 3.8) is 0 Å². The second-order valence-electron chi connectivity index (χ2n) is 12.7. The molecule has 4 aromatic rings. The Kier molecular flexibility index (Phi) is 10.3. The van der Waals surface area contributed by atoms with Gasteiger partial charge in [-0.1, -0.05) is 90.1 Å². The molecule has 4 nitrogen and oxygen atoms in total. The van der Waals surface area contributed by atoms with Gasteiger partial charge in [0.25, 0.3) is 0 Å². The second-order valence-corrected chi connectivity index (χ2v) is 14.8. The first-order chi connectivity index (χ1) is 21.2. The molecular formula is C38H43N3OS2. The average Bonchev–Trinajstić information content (AvgIpc) is 3.44. The van der Waals surface area contributed by atoms with Gasteiger partial charge in [0, 0.05) is 27.5 Å². The maximum Gasteiger partial charge on any atom is 0.245 e. The van der Waals surface area contributed by atoms with Crippen LogP contribution < -0.4 is 4.90 Å². The Morgan fingerprint density at radius 3 is 1.95 bits per heavy atom. The highest BCUT2D eigenvalue weighted by Gasteiger charge is 2.33. The molecule has 5 rings (SSSR count). The van der Waals surface area contributed by atoms with Crippen molar-refractivity contribution in [2.75, 3.05) is 4.90 Å². The van der Waals surface area contributed by atoms with E-state index in [1.54, 1.807) is 11.3 Å². The van der Waals surface area contributed by atoms with Gasteiger partial charge < -0.3 is 0 Å². The summed E-state index contributed by atoms with van der Waals surface area (Å²) in [5.74, 6) is 0.813. The highest BCUT2D eigenvalue weighted by molar-refractivity contribution is 8.00. The van der Waals surface area contributed by atoms with Crippen LogP contribution in [0.15, 0.2) is 71.1 Å². The van der Waals surface area contributed by atoms with Gasteiger partial charge in [-0.05, 0) is 95.8 Å². The number of anilines is 2. The minimum atomic E-state index is -0.441. The van der Waals surface area contributed by atoms with Gasteiger partial charge in [-0.2, -0.15) is 5.26 Å². The summed E-state index contributed by atoms with van der Waals surface area (Å²) >= 11 is 3.13. The van der Waals surface area contributed by atoms with Crippen LogP contribution in [0.2, 0.25) is 0 Å². The first kappa shape index (κ1) is 32.0. The third-order valence-electron chi connectivity index (χ3n) is 8.51. The van der Waals surface area contributed by atoms with Crippen LogP contribution in [0.5, 0.6) is 0 Å². The van der Waals surface area contributed by atoms with E-state index in [1.807, 2.05) is 11.0 Å². The second kappa shape index (κ2) is 14.1. The van der Waals surface area contributed by atoms with Crippen LogP contribution in [0.25, 0.3) is 10.4 Å².